The van der Waals surface area contributed by atoms with E-state index in [1.807, 2.05) is 90.1 Å². The Balaban J connectivity index is 2.38. The summed E-state index contributed by atoms with van der Waals surface area (Å²) in [6.07, 6.45) is -3.47. The second kappa shape index (κ2) is 10.4. The summed E-state index contributed by atoms with van der Waals surface area (Å²) in [4.78, 5) is 12.9. The molecule has 1 unspecified atom stereocenters. The van der Waals surface area contributed by atoms with Crippen molar-refractivity contribution in [3.05, 3.63) is 71.8 Å². The molecule has 1 atom stereocenters. The van der Waals surface area contributed by atoms with Gasteiger partial charge in [-0.3, -0.25) is 0 Å². The van der Waals surface area contributed by atoms with E-state index in [1.54, 1.807) is 12.1 Å². The molecule has 2 aromatic carbocycles. The molecule has 0 aliphatic heterocycles. The quantitative estimate of drug-likeness (QED) is 0.225. The first-order valence-corrected chi connectivity index (χ1v) is 14.9. The van der Waals surface area contributed by atoms with Crippen LogP contribution < -0.4 is 0 Å². The Morgan fingerprint density at radius 1 is 0.833 bits per heavy atom. The predicted octanol–water partition coefficient (Wildman–Crippen LogP) is 6.55. The summed E-state index contributed by atoms with van der Waals surface area (Å²) in [5.41, 5.74) is 1.11. The van der Waals surface area contributed by atoms with Crippen molar-refractivity contribution in [3.8, 4) is 0 Å². The summed E-state index contributed by atoms with van der Waals surface area (Å²) in [5, 5.41) is 0. The van der Waals surface area contributed by atoms with Crippen molar-refractivity contribution in [2.75, 3.05) is 13.2 Å². The molecule has 2 aromatic rings. The molecule has 0 saturated heterocycles. The Bertz CT molecular complexity index is 832. The fraction of sp³-hybridized carbons (Fsp3) is 0.458. The molecule has 0 N–H and O–H groups in total. The molecule has 0 bridgehead atoms. The van der Waals surface area contributed by atoms with Gasteiger partial charge < -0.3 is 0 Å². The van der Waals surface area contributed by atoms with Crippen LogP contribution in [-0.4, -0.2) is 33.5 Å². The van der Waals surface area contributed by atoms with Gasteiger partial charge in [0.25, 0.3) is 0 Å². The third kappa shape index (κ3) is 8.49. The number of rotatable bonds is 9. The molecule has 0 heterocycles. The topological polar surface area (TPSA) is 52.6 Å². The number of hydrogen-bond donors (Lipinski definition) is 0. The van der Waals surface area contributed by atoms with Crippen LogP contribution in [0.5, 0.6) is 0 Å². The van der Waals surface area contributed by atoms with Crippen LogP contribution in [0.1, 0.15) is 62.3 Å². The number of hydrogen-bond acceptors (Lipinski definition) is 4. The van der Waals surface area contributed by atoms with Crippen LogP contribution in [0.15, 0.2) is 60.7 Å². The molecule has 164 valence electrons. The van der Waals surface area contributed by atoms with E-state index in [4.69, 9.17) is 9.05 Å². The van der Waals surface area contributed by atoms with Crippen LogP contribution in [0.25, 0.3) is 0 Å². The molecule has 0 spiro atoms. The van der Waals surface area contributed by atoms with Gasteiger partial charge in [-0.05, 0) is 0 Å². The van der Waals surface area contributed by atoms with Crippen molar-refractivity contribution in [2.24, 2.45) is 10.8 Å². The number of carbonyl (C=O) groups excluding carboxylic acids is 1. The Hall–Kier alpha value is -1.22. The van der Waals surface area contributed by atoms with E-state index in [1.165, 1.54) is 0 Å². The molecule has 0 fully saturated rings. The molecular weight excluding hydrogens is 462 g/mol. The summed E-state index contributed by atoms with van der Waals surface area (Å²) in [5.74, 6) is -0.0549. The predicted molar refractivity (Wildman–Crippen MR) is 124 cm³/mol. The zero-order valence-electron chi connectivity index (χ0n) is 18.8. The summed E-state index contributed by atoms with van der Waals surface area (Å²) in [6.45, 7) is 12.8. The average Bonchev–Trinajstić information content (AvgIpc) is 2.69. The number of carbonyl (C=O) groups is 1. The summed E-state index contributed by atoms with van der Waals surface area (Å²) in [7, 11) is 0. The third-order valence-corrected chi connectivity index (χ3v) is 10.6. The fourth-order valence-corrected chi connectivity index (χ4v) is 9.22. The van der Waals surface area contributed by atoms with Crippen LogP contribution in [0.2, 0.25) is 0 Å². The number of Topliss-reactive ketones (excluding diaryl/α,β-unsaturated/α-hetero) is 1. The molecule has 0 saturated carbocycles. The van der Waals surface area contributed by atoms with Gasteiger partial charge in [-0.2, -0.15) is 0 Å². The van der Waals surface area contributed by atoms with Gasteiger partial charge in [-0.1, -0.05) is 0 Å². The second-order valence-electron chi connectivity index (χ2n) is 9.74. The van der Waals surface area contributed by atoms with Crippen molar-refractivity contribution in [2.45, 2.75) is 46.4 Å². The average molecular weight is 495 g/mol. The zero-order chi connectivity index (χ0) is 22.4. The van der Waals surface area contributed by atoms with Gasteiger partial charge in [0.05, 0.1) is 0 Å². The molecule has 0 radical (unpaired) electrons. The van der Waals surface area contributed by atoms with Gasteiger partial charge in [0.2, 0.25) is 0 Å². The van der Waals surface area contributed by atoms with Crippen molar-refractivity contribution in [1.29, 1.82) is 0 Å². The van der Waals surface area contributed by atoms with Crippen molar-refractivity contribution < 1.29 is 18.4 Å². The van der Waals surface area contributed by atoms with Crippen molar-refractivity contribution >= 4 is 26.6 Å². The summed E-state index contributed by atoms with van der Waals surface area (Å²) < 4.78 is 25.7. The summed E-state index contributed by atoms with van der Waals surface area (Å²) in [6, 6.07) is 18.7. The first-order valence-electron chi connectivity index (χ1n) is 10.1. The molecule has 0 aliphatic carbocycles. The van der Waals surface area contributed by atoms with Crippen LogP contribution in [0.3, 0.4) is 0 Å². The van der Waals surface area contributed by atoms with Crippen molar-refractivity contribution in [3.63, 3.8) is 0 Å². The van der Waals surface area contributed by atoms with Crippen LogP contribution in [-0.2, 0) is 13.6 Å². The molecule has 0 aliphatic rings. The Kier molecular flexibility index (Phi) is 8.68. The van der Waals surface area contributed by atoms with Gasteiger partial charge >= 0.3 is 187 Å². The molecule has 4 nitrogen and oxygen atoms in total. The number of benzene rings is 2. The van der Waals surface area contributed by atoms with Gasteiger partial charge in [0.1, 0.15) is 0 Å². The SMILES string of the molecule is CC(C)(C)COP(=O)(OCC(C)(C)C)[Se]C(C(=O)c1ccccc1)c1ccccc1. The normalized spacial score (nSPS) is 13.8. The van der Waals surface area contributed by atoms with Crippen molar-refractivity contribution in [1.82, 2.24) is 0 Å². The van der Waals surface area contributed by atoms with Crippen LogP contribution in [0, 0.1) is 10.8 Å². The van der Waals surface area contributed by atoms with E-state index in [0.29, 0.717) is 18.8 Å². The first kappa shape index (κ1) is 25.0. The zero-order valence-corrected chi connectivity index (χ0v) is 21.4. The molecule has 0 amide bonds. The molecule has 6 heteroatoms. The fourth-order valence-electron chi connectivity index (χ4n) is 2.41. The minimum absolute atomic E-state index is 0.0549. The Labute approximate surface area is 187 Å². The van der Waals surface area contributed by atoms with Gasteiger partial charge in [-0.25, -0.2) is 0 Å². The van der Waals surface area contributed by atoms with E-state index in [9.17, 15) is 9.36 Å². The standard InChI is InChI=1S/C24H33O4PSe/c1-23(2,3)17-27-29(26,28-18-24(4,5)6)30-22(20-15-11-8-12-16-20)21(25)19-13-9-7-10-14-19/h7-16,22H,17-18H2,1-6H3. The Morgan fingerprint density at radius 2 is 1.27 bits per heavy atom. The van der Waals surface area contributed by atoms with Gasteiger partial charge in [-0.15, -0.1) is 0 Å². The van der Waals surface area contributed by atoms with Gasteiger partial charge in [0.15, 0.2) is 0 Å². The molecular formula is C24H33O4PSe. The number of ketones is 1. The maximum atomic E-state index is 13.9. The molecule has 2 rings (SSSR count). The minimum atomic E-state index is -3.47. The van der Waals surface area contributed by atoms with Gasteiger partial charge in [0, 0.05) is 0 Å². The molecule has 30 heavy (non-hydrogen) atoms. The van der Waals surface area contributed by atoms with E-state index < -0.39 is 25.6 Å². The Morgan fingerprint density at radius 3 is 1.70 bits per heavy atom. The van der Waals surface area contributed by atoms with E-state index >= 15 is 0 Å². The second-order valence-corrected chi connectivity index (χ2v) is 16.5. The maximum absolute atomic E-state index is 13.9. The van der Waals surface area contributed by atoms with Crippen LogP contribution in [0.4, 0.5) is 0 Å². The van der Waals surface area contributed by atoms with E-state index in [-0.39, 0.29) is 16.6 Å². The van der Waals surface area contributed by atoms with Crippen LogP contribution >= 0.6 is 6.29 Å². The van der Waals surface area contributed by atoms with E-state index in [0.717, 1.165) is 5.56 Å². The molecule has 0 aromatic heterocycles. The monoisotopic (exact) mass is 496 g/mol. The third-order valence-electron chi connectivity index (χ3n) is 3.94. The summed E-state index contributed by atoms with van der Waals surface area (Å²) >= 11 is -0.724. The first-order chi connectivity index (χ1) is 13.9. The van der Waals surface area contributed by atoms with E-state index in [2.05, 4.69) is 0 Å².